The third-order valence-corrected chi connectivity index (χ3v) is 4.74. The Bertz CT molecular complexity index is 707. The van der Waals surface area contributed by atoms with E-state index < -0.39 is 29.0 Å². The molecule has 2 aromatic rings. The van der Waals surface area contributed by atoms with Crippen LogP contribution in [0.1, 0.15) is 24.2 Å². The van der Waals surface area contributed by atoms with Crippen molar-refractivity contribution < 1.29 is 23.1 Å². The first kappa shape index (κ1) is 19.3. The van der Waals surface area contributed by atoms with Crippen molar-refractivity contribution in [3.05, 3.63) is 65.7 Å². The SMILES string of the molecule is CC(SCC(O)c1ccccc1)C(=O)Nc1cccc(C(F)(F)F)c1. The predicted octanol–water partition coefficient (Wildman–Crippen LogP) is 4.50. The molecule has 0 radical (unpaired) electrons. The molecule has 0 heterocycles. The van der Waals surface area contributed by atoms with Crippen LogP contribution in [-0.4, -0.2) is 22.0 Å². The summed E-state index contributed by atoms with van der Waals surface area (Å²) in [6.07, 6.45) is -5.17. The Labute approximate surface area is 148 Å². The molecule has 0 bridgehead atoms. The molecule has 3 nitrogen and oxygen atoms in total. The van der Waals surface area contributed by atoms with Crippen LogP contribution < -0.4 is 5.32 Å². The number of aliphatic hydroxyl groups excluding tert-OH is 1. The van der Waals surface area contributed by atoms with Crippen molar-refractivity contribution in [1.82, 2.24) is 0 Å². The molecule has 2 N–H and O–H groups in total. The van der Waals surface area contributed by atoms with Gasteiger partial charge in [-0.05, 0) is 30.7 Å². The number of nitrogens with one attached hydrogen (secondary N) is 1. The number of amides is 1. The molecule has 0 aliphatic rings. The Morgan fingerprint density at radius 3 is 2.48 bits per heavy atom. The van der Waals surface area contributed by atoms with Gasteiger partial charge in [-0.2, -0.15) is 13.2 Å². The van der Waals surface area contributed by atoms with Gasteiger partial charge >= 0.3 is 6.18 Å². The van der Waals surface area contributed by atoms with Crippen LogP contribution in [0.5, 0.6) is 0 Å². The number of aliphatic hydroxyl groups is 1. The number of anilines is 1. The van der Waals surface area contributed by atoms with Crippen LogP contribution in [0, 0.1) is 0 Å². The van der Waals surface area contributed by atoms with Crippen LogP contribution in [-0.2, 0) is 11.0 Å². The fourth-order valence-corrected chi connectivity index (χ4v) is 2.97. The maximum Gasteiger partial charge on any atom is 0.416 e. The topological polar surface area (TPSA) is 49.3 Å². The molecule has 0 aliphatic heterocycles. The lowest BCUT2D eigenvalue weighted by atomic mass is 10.1. The van der Waals surface area contributed by atoms with E-state index in [1.54, 1.807) is 19.1 Å². The van der Waals surface area contributed by atoms with Crippen molar-refractivity contribution in [2.24, 2.45) is 0 Å². The summed E-state index contributed by atoms with van der Waals surface area (Å²) in [7, 11) is 0. The molecule has 0 saturated carbocycles. The van der Waals surface area contributed by atoms with E-state index in [0.717, 1.165) is 17.7 Å². The molecule has 25 heavy (non-hydrogen) atoms. The first-order valence-electron chi connectivity index (χ1n) is 7.60. The molecule has 2 aromatic carbocycles. The van der Waals surface area contributed by atoms with Gasteiger partial charge in [0.15, 0.2) is 0 Å². The van der Waals surface area contributed by atoms with Crippen molar-refractivity contribution >= 4 is 23.4 Å². The molecule has 0 fully saturated rings. The summed E-state index contributed by atoms with van der Waals surface area (Å²) in [6, 6.07) is 13.5. The van der Waals surface area contributed by atoms with E-state index in [0.29, 0.717) is 5.75 Å². The fourth-order valence-electron chi connectivity index (χ4n) is 2.10. The van der Waals surface area contributed by atoms with Gasteiger partial charge in [-0.15, -0.1) is 11.8 Å². The highest BCUT2D eigenvalue weighted by Gasteiger charge is 2.30. The number of hydrogen-bond acceptors (Lipinski definition) is 3. The molecule has 2 unspecified atom stereocenters. The highest BCUT2D eigenvalue weighted by molar-refractivity contribution is 8.00. The number of carbonyl (C=O) groups is 1. The zero-order valence-corrected chi connectivity index (χ0v) is 14.3. The summed E-state index contributed by atoms with van der Waals surface area (Å²) < 4.78 is 38.1. The van der Waals surface area contributed by atoms with Gasteiger partial charge in [0.05, 0.1) is 16.9 Å². The number of thioether (sulfide) groups is 1. The van der Waals surface area contributed by atoms with Gasteiger partial charge in [-0.1, -0.05) is 36.4 Å². The zero-order valence-electron chi connectivity index (χ0n) is 13.5. The number of halogens is 3. The lowest BCUT2D eigenvalue weighted by Crippen LogP contribution is -2.23. The number of benzene rings is 2. The van der Waals surface area contributed by atoms with Gasteiger partial charge in [0, 0.05) is 11.4 Å². The van der Waals surface area contributed by atoms with Crippen LogP contribution in [0.3, 0.4) is 0 Å². The zero-order chi connectivity index (χ0) is 18.4. The minimum absolute atomic E-state index is 0.0934. The van der Waals surface area contributed by atoms with E-state index in [4.69, 9.17) is 0 Å². The third-order valence-electron chi connectivity index (χ3n) is 3.52. The minimum atomic E-state index is -4.46. The normalized spacial score (nSPS) is 14.0. The van der Waals surface area contributed by atoms with Crippen molar-refractivity contribution in [2.75, 3.05) is 11.1 Å². The quantitative estimate of drug-likeness (QED) is 0.788. The summed E-state index contributed by atoms with van der Waals surface area (Å²) >= 11 is 1.23. The molecule has 134 valence electrons. The fraction of sp³-hybridized carbons (Fsp3) is 0.278. The largest absolute Gasteiger partial charge is 0.416 e. The second-order valence-electron chi connectivity index (χ2n) is 5.47. The van der Waals surface area contributed by atoms with Gasteiger partial charge < -0.3 is 10.4 Å². The Kier molecular flexibility index (Phi) is 6.50. The summed E-state index contributed by atoms with van der Waals surface area (Å²) in [4.78, 5) is 12.1. The van der Waals surface area contributed by atoms with E-state index in [-0.39, 0.29) is 5.69 Å². The summed E-state index contributed by atoms with van der Waals surface area (Å²) in [5.41, 5.74) is 0.0291. The lowest BCUT2D eigenvalue weighted by molar-refractivity contribution is -0.137. The van der Waals surface area contributed by atoms with E-state index in [1.807, 2.05) is 18.2 Å². The first-order valence-corrected chi connectivity index (χ1v) is 8.65. The Hall–Kier alpha value is -1.99. The van der Waals surface area contributed by atoms with E-state index >= 15 is 0 Å². The number of carbonyl (C=O) groups excluding carboxylic acids is 1. The van der Waals surface area contributed by atoms with Crippen molar-refractivity contribution in [3.8, 4) is 0 Å². The first-order chi connectivity index (χ1) is 11.8. The van der Waals surface area contributed by atoms with Crippen LogP contribution in [0.25, 0.3) is 0 Å². The molecular formula is C18H18F3NO2S. The van der Waals surface area contributed by atoms with Crippen LogP contribution in [0.15, 0.2) is 54.6 Å². The van der Waals surface area contributed by atoms with Crippen LogP contribution in [0.4, 0.5) is 18.9 Å². The maximum absolute atomic E-state index is 12.7. The molecule has 0 aliphatic carbocycles. The summed E-state index contributed by atoms with van der Waals surface area (Å²) in [5.74, 6) is -0.106. The Morgan fingerprint density at radius 2 is 1.84 bits per heavy atom. The Morgan fingerprint density at radius 1 is 1.16 bits per heavy atom. The van der Waals surface area contributed by atoms with Crippen LogP contribution in [0.2, 0.25) is 0 Å². The highest BCUT2D eigenvalue weighted by atomic mass is 32.2. The second-order valence-corrected chi connectivity index (χ2v) is 6.84. The van der Waals surface area contributed by atoms with Crippen LogP contribution >= 0.6 is 11.8 Å². The van der Waals surface area contributed by atoms with E-state index in [2.05, 4.69) is 5.32 Å². The molecule has 2 atom stereocenters. The molecule has 0 saturated heterocycles. The maximum atomic E-state index is 12.7. The van der Waals surface area contributed by atoms with Gasteiger partial charge in [0.2, 0.25) is 5.91 Å². The van der Waals surface area contributed by atoms with Gasteiger partial charge in [0.1, 0.15) is 0 Å². The minimum Gasteiger partial charge on any atom is -0.388 e. The highest BCUT2D eigenvalue weighted by Crippen LogP contribution is 2.31. The van der Waals surface area contributed by atoms with Crippen molar-refractivity contribution in [2.45, 2.75) is 24.5 Å². The smallest absolute Gasteiger partial charge is 0.388 e. The van der Waals surface area contributed by atoms with Gasteiger partial charge in [-0.25, -0.2) is 0 Å². The Balaban J connectivity index is 1.90. The molecule has 1 amide bonds. The predicted molar refractivity (Wildman–Crippen MR) is 93.4 cm³/mol. The molecular weight excluding hydrogens is 351 g/mol. The van der Waals surface area contributed by atoms with E-state index in [9.17, 15) is 23.1 Å². The van der Waals surface area contributed by atoms with E-state index in [1.165, 1.54) is 23.9 Å². The average molecular weight is 369 g/mol. The molecule has 0 aromatic heterocycles. The number of hydrogen-bond donors (Lipinski definition) is 2. The average Bonchev–Trinajstić information content (AvgIpc) is 2.59. The number of alkyl halides is 3. The lowest BCUT2D eigenvalue weighted by Gasteiger charge is -2.16. The monoisotopic (exact) mass is 369 g/mol. The van der Waals surface area contributed by atoms with Gasteiger partial charge in [-0.3, -0.25) is 4.79 Å². The van der Waals surface area contributed by atoms with Crippen molar-refractivity contribution in [1.29, 1.82) is 0 Å². The third kappa shape index (κ3) is 5.79. The number of rotatable bonds is 6. The molecule has 2 rings (SSSR count). The van der Waals surface area contributed by atoms with Gasteiger partial charge in [0.25, 0.3) is 0 Å². The second kappa shape index (κ2) is 8.40. The summed E-state index contributed by atoms with van der Waals surface area (Å²) in [6.45, 7) is 1.64. The molecule has 7 heteroatoms. The summed E-state index contributed by atoms with van der Waals surface area (Å²) in [5, 5.41) is 12.0. The standard InChI is InChI=1S/C18H18F3NO2S/c1-12(25-11-16(23)13-6-3-2-4-7-13)17(24)22-15-9-5-8-14(10-15)18(19,20)21/h2-10,12,16,23H,11H2,1H3,(H,22,24). The van der Waals surface area contributed by atoms with Crippen molar-refractivity contribution in [3.63, 3.8) is 0 Å². The molecule has 0 spiro atoms.